The molecule has 2 aromatic rings. The SMILES string of the molecule is COCCNC(=O)c1cc(NC(=O)c2cccc(OC)c2)ccc1N(C)C. The van der Waals surface area contributed by atoms with E-state index in [2.05, 4.69) is 10.6 Å². The summed E-state index contributed by atoms with van der Waals surface area (Å²) in [5.74, 6) is 0.0919. The molecule has 0 aliphatic heterocycles. The molecule has 2 N–H and O–H groups in total. The zero-order valence-corrected chi connectivity index (χ0v) is 16.0. The van der Waals surface area contributed by atoms with E-state index in [1.165, 1.54) is 0 Å². The zero-order chi connectivity index (χ0) is 19.8. The third-order valence-electron chi connectivity index (χ3n) is 3.90. The Kier molecular flexibility index (Phi) is 7.19. The van der Waals surface area contributed by atoms with Crippen molar-refractivity contribution in [1.82, 2.24) is 5.32 Å². The Morgan fingerprint density at radius 2 is 1.81 bits per heavy atom. The van der Waals surface area contributed by atoms with Crippen molar-refractivity contribution in [2.75, 3.05) is 51.7 Å². The Hall–Kier alpha value is -3.06. The van der Waals surface area contributed by atoms with Crippen LogP contribution in [-0.2, 0) is 4.74 Å². The first kappa shape index (κ1) is 20.3. The van der Waals surface area contributed by atoms with Crippen LogP contribution < -0.4 is 20.3 Å². The van der Waals surface area contributed by atoms with Gasteiger partial charge in [0.15, 0.2) is 0 Å². The number of benzene rings is 2. The molecule has 7 heteroatoms. The fourth-order valence-electron chi connectivity index (χ4n) is 2.52. The van der Waals surface area contributed by atoms with E-state index >= 15 is 0 Å². The molecule has 0 saturated heterocycles. The van der Waals surface area contributed by atoms with Gasteiger partial charge in [-0.2, -0.15) is 0 Å². The molecule has 0 heterocycles. The van der Waals surface area contributed by atoms with Gasteiger partial charge < -0.3 is 25.0 Å². The largest absolute Gasteiger partial charge is 0.497 e. The average Bonchev–Trinajstić information content (AvgIpc) is 2.67. The first-order chi connectivity index (χ1) is 13.0. The Morgan fingerprint density at radius 1 is 1.04 bits per heavy atom. The van der Waals surface area contributed by atoms with Crippen molar-refractivity contribution < 1.29 is 19.1 Å². The van der Waals surface area contributed by atoms with Crippen molar-refractivity contribution >= 4 is 23.2 Å². The van der Waals surface area contributed by atoms with Crippen LogP contribution in [0.25, 0.3) is 0 Å². The lowest BCUT2D eigenvalue weighted by atomic mass is 10.1. The van der Waals surface area contributed by atoms with Crippen LogP contribution in [0.15, 0.2) is 42.5 Å². The molecule has 0 spiro atoms. The molecule has 2 amide bonds. The maximum Gasteiger partial charge on any atom is 0.255 e. The van der Waals surface area contributed by atoms with Crippen LogP contribution in [0.1, 0.15) is 20.7 Å². The third kappa shape index (κ3) is 5.46. The second-order valence-electron chi connectivity index (χ2n) is 6.06. The number of ether oxygens (including phenoxy) is 2. The van der Waals surface area contributed by atoms with E-state index in [4.69, 9.17) is 9.47 Å². The Bertz CT molecular complexity index is 806. The van der Waals surface area contributed by atoms with E-state index in [0.29, 0.717) is 35.7 Å². The lowest BCUT2D eigenvalue weighted by Gasteiger charge is -2.18. The van der Waals surface area contributed by atoms with Gasteiger partial charge in [0.2, 0.25) is 0 Å². The first-order valence-corrected chi connectivity index (χ1v) is 8.50. The van der Waals surface area contributed by atoms with Gasteiger partial charge in [-0.1, -0.05) is 6.07 Å². The van der Waals surface area contributed by atoms with Crippen LogP contribution in [0.4, 0.5) is 11.4 Å². The van der Waals surface area contributed by atoms with Gasteiger partial charge in [-0.05, 0) is 36.4 Å². The highest BCUT2D eigenvalue weighted by Crippen LogP contribution is 2.24. The summed E-state index contributed by atoms with van der Waals surface area (Å²) >= 11 is 0. The normalized spacial score (nSPS) is 10.2. The molecule has 0 aliphatic rings. The number of amides is 2. The topological polar surface area (TPSA) is 79.9 Å². The highest BCUT2D eigenvalue weighted by molar-refractivity contribution is 6.06. The Balaban J connectivity index is 2.22. The number of anilines is 2. The van der Waals surface area contributed by atoms with E-state index < -0.39 is 0 Å². The van der Waals surface area contributed by atoms with E-state index in [1.807, 2.05) is 19.0 Å². The highest BCUT2D eigenvalue weighted by Gasteiger charge is 2.15. The van der Waals surface area contributed by atoms with Gasteiger partial charge in [0.25, 0.3) is 11.8 Å². The monoisotopic (exact) mass is 371 g/mol. The van der Waals surface area contributed by atoms with E-state index in [-0.39, 0.29) is 11.8 Å². The summed E-state index contributed by atoms with van der Waals surface area (Å²) in [7, 11) is 6.84. The predicted octanol–water partition coefficient (Wildman–Crippen LogP) is 2.39. The molecular weight excluding hydrogens is 346 g/mol. The number of carbonyl (C=O) groups excluding carboxylic acids is 2. The van der Waals surface area contributed by atoms with Crippen molar-refractivity contribution in [1.29, 1.82) is 0 Å². The quantitative estimate of drug-likeness (QED) is 0.697. The molecule has 2 rings (SSSR count). The fraction of sp³-hybridized carbons (Fsp3) is 0.300. The molecule has 7 nitrogen and oxygen atoms in total. The molecule has 27 heavy (non-hydrogen) atoms. The molecule has 0 radical (unpaired) electrons. The summed E-state index contributed by atoms with van der Waals surface area (Å²) in [6.45, 7) is 0.831. The molecule has 0 aromatic heterocycles. The summed E-state index contributed by atoms with van der Waals surface area (Å²) < 4.78 is 10.1. The van der Waals surface area contributed by atoms with Crippen molar-refractivity contribution in [2.45, 2.75) is 0 Å². The van der Waals surface area contributed by atoms with Crippen LogP contribution in [0.5, 0.6) is 5.75 Å². The predicted molar refractivity (Wildman–Crippen MR) is 106 cm³/mol. The summed E-state index contributed by atoms with van der Waals surface area (Å²) in [5, 5.41) is 5.62. The van der Waals surface area contributed by atoms with Crippen LogP contribution >= 0.6 is 0 Å². The molecule has 144 valence electrons. The minimum Gasteiger partial charge on any atom is -0.497 e. The number of hydrogen-bond donors (Lipinski definition) is 2. The summed E-state index contributed by atoms with van der Waals surface area (Å²) in [6, 6.07) is 12.1. The molecule has 0 aliphatic carbocycles. The minimum atomic E-state index is -0.280. The van der Waals surface area contributed by atoms with Gasteiger partial charge in [0, 0.05) is 44.7 Å². The highest BCUT2D eigenvalue weighted by atomic mass is 16.5. The van der Waals surface area contributed by atoms with E-state index in [0.717, 1.165) is 5.69 Å². The Morgan fingerprint density at radius 3 is 2.48 bits per heavy atom. The lowest BCUT2D eigenvalue weighted by molar-refractivity contribution is 0.0936. The van der Waals surface area contributed by atoms with Gasteiger partial charge in [-0.3, -0.25) is 9.59 Å². The van der Waals surface area contributed by atoms with Gasteiger partial charge in [0.05, 0.1) is 19.3 Å². The number of nitrogens with one attached hydrogen (secondary N) is 2. The molecule has 0 saturated carbocycles. The van der Waals surface area contributed by atoms with Crippen LogP contribution in [0.2, 0.25) is 0 Å². The van der Waals surface area contributed by atoms with Crippen LogP contribution in [0.3, 0.4) is 0 Å². The first-order valence-electron chi connectivity index (χ1n) is 8.50. The average molecular weight is 371 g/mol. The molecule has 0 fully saturated rings. The molecule has 0 unspecified atom stereocenters. The molecule has 0 bridgehead atoms. The summed E-state index contributed by atoms with van der Waals surface area (Å²) in [6.07, 6.45) is 0. The maximum atomic E-state index is 12.5. The molecule has 0 atom stereocenters. The second-order valence-corrected chi connectivity index (χ2v) is 6.06. The van der Waals surface area contributed by atoms with Gasteiger partial charge in [0.1, 0.15) is 5.75 Å². The standard InChI is InChI=1S/C20H25N3O4/c1-23(2)18-9-8-15(13-17(18)20(25)21-10-11-26-3)22-19(24)14-6-5-7-16(12-14)27-4/h5-9,12-13H,10-11H2,1-4H3,(H,21,25)(H,22,24). The van der Waals surface area contributed by atoms with Gasteiger partial charge >= 0.3 is 0 Å². The fourth-order valence-corrected chi connectivity index (χ4v) is 2.52. The molecule has 2 aromatic carbocycles. The van der Waals surface area contributed by atoms with Gasteiger partial charge in [-0.15, -0.1) is 0 Å². The number of methoxy groups -OCH3 is 2. The number of rotatable bonds is 8. The molecular formula is C20H25N3O4. The summed E-state index contributed by atoms with van der Waals surface area (Å²) in [4.78, 5) is 26.9. The summed E-state index contributed by atoms with van der Waals surface area (Å²) in [5.41, 5.74) is 2.23. The third-order valence-corrected chi connectivity index (χ3v) is 3.90. The smallest absolute Gasteiger partial charge is 0.255 e. The van der Waals surface area contributed by atoms with Crippen molar-refractivity contribution in [2.24, 2.45) is 0 Å². The van der Waals surface area contributed by atoms with E-state index in [9.17, 15) is 9.59 Å². The van der Waals surface area contributed by atoms with Gasteiger partial charge in [-0.25, -0.2) is 0 Å². The van der Waals surface area contributed by atoms with Crippen LogP contribution in [-0.4, -0.2) is 53.3 Å². The Labute approximate surface area is 159 Å². The maximum absolute atomic E-state index is 12.5. The van der Waals surface area contributed by atoms with Crippen LogP contribution in [0, 0.1) is 0 Å². The van der Waals surface area contributed by atoms with Crippen molar-refractivity contribution in [3.63, 3.8) is 0 Å². The van der Waals surface area contributed by atoms with E-state index in [1.54, 1.807) is 56.7 Å². The number of nitrogens with zero attached hydrogens (tertiary/aromatic N) is 1. The zero-order valence-electron chi connectivity index (χ0n) is 16.0. The second kappa shape index (κ2) is 9.59. The number of carbonyl (C=O) groups is 2. The number of hydrogen-bond acceptors (Lipinski definition) is 5. The van der Waals surface area contributed by atoms with Crippen molar-refractivity contribution in [3.05, 3.63) is 53.6 Å². The lowest BCUT2D eigenvalue weighted by Crippen LogP contribution is -2.28. The minimum absolute atomic E-state index is 0.228. The van der Waals surface area contributed by atoms with Crippen molar-refractivity contribution in [3.8, 4) is 5.75 Å².